The summed E-state index contributed by atoms with van der Waals surface area (Å²) in [7, 11) is 1.91. The van der Waals surface area contributed by atoms with Gasteiger partial charge in [-0.25, -0.2) is 0 Å². The molecule has 1 saturated heterocycles. The highest BCUT2D eigenvalue weighted by Gasteiger charge is 2.34. The summed E-state index contributed by atoms with van der Waals surface area (Å²) in [4.78, 5) is 19.1. The number of amides is 1. The number of rotatable bonds is 4. The van der Waals surface area contributed by atoms with Gasteiger partial charge < -0.3 is 10.2 Å². The summed E-state index contributed by atoms with van der Waals surface area (Å²) in [6.45, 7) is 1.58. The molecule has 0 unspecified atom stereocenters. The van der Waals surface area contributed by atoms with Crippen LogP contribution in [0.2, 0.25) is 5.02 Å². The molecule has 2 aromatic carbocycles. The highest BCUT2D eigenvalue weighted by atomic mass is 35.5. The van der Waals surface area contributed by atoms with Gasteiger partial charge in [0.15, 0.2) is 5.17 Å². The standard InChI is InChI=1S/C23H19ClF3N5OS/c1-28-17-11-31(12-17)22-30-21(33)20(34-22)7-13-2-5-19-15(6-13)9-29-32(19)10-14-3-4-16(24)8-18(14)23(25,26)27/h2-9,17,28H,10-12H2,1H3/b20-7-. The average molecular weight is 506 g/mol. The highest BCUT2D eigenvalue weighted by molar-refractivity contribution is 8.18. The van der Waals surface area contributed by atoms with Crippen molar-refractivity contribution in [3.8, 4) is 0 Å². The van der Waals surface area contributed by atoms with Gasteiger partial charge in [-0.05, 0) is 60.3 Å². The third kappa shape index (κ3) is 4.45. The summed E-state index contributed by atoms with van der Waals surface area (Å²) in [5.74, 6) is -0.272. The predicted molar refractivity (Wildman–Crippen MR) is 128 cm³/mol. The quantitative estimate of drug-likeness (QED) is 0.524. The second kappa shape index (κ2) is 8.75. The van der Waals surface area contributed by atoms with Gasteiger partial charge in [-0.15, -0.1) is 0 Å². The molecule has 1 N–H and O–H groups in total. The molecule has 2 aliphatic rings. The number of aliphatic imine (C=N–C) groups is 1. The Labute approximate surface area is 202 Å². The number of carbonyl (C=O) groups excluding carboxylic acids is 1. The fourth-order valence-electron chi connectivity index (χ4n) is 3.94. The first-order valence-corrected chi connectivity index (χ1v) is 11.7. The van der Waals surface area contributed by atoms with Crippen LogP contribution < -0.4 is 5.32 Å². The van der Waals surface area contributed by atoms with Crippen LogP contribution in [0.1, 0.15) is 16.7 Å². The number of likely N-dealkylation sites (N-methyl/N-ethyl adjacent to an activating group) is 1. The third-order valence-corrected chi connectivity index (χ3v) is 7.11. The molecule has 1 aromatic heterocycles. The van der Waals surface area contributed by atoms with Gasteiger partial charge in [0, 0.05) is 29.5 Å². The fraction of sp³-hybridized carbons (Fsp3) is 0.261. The lowest BCUT2D eigenvalue weighted by molar-refractivity contribution is -0.138. The summed E-state index contributed by atoms with van der Waals surface area (Å²) in [6.07, 6.45) is -1.14. The van der Waals surface area contributed by atoms with Crippen molar-refractivity contribution in [3.63, 3.8) is 0 Å². The molecule has 1 fully saturated rings. The Hall–Kier alpha value is -2.82. The molecule has 176 valence electrons. The van der Waals surface area contributed by atoms with E-state index < -0.39 is 11.7 Å². The molecule has 34 heavy (non-hydrogen) atoms. The summed E-state index contributed by atoms with van der Waals surface area (Å²) in [5, 5.41) is 8.97. The third-order valence-electron chi connectivity index (χ3n) is 5.83. The maximum Gasteiger partial charge on any atom is 0.416 e. The Morgan fingerprint density at radius 2 is 2.03 bits per heavy atom. The molecule has 3 heterocycles. The molecule has 0 aliphatic carbocycles. The van der Waals surface area contributed by atoms with Crippen LogP contribution in [-0.2, 0) is 17.5 Å². The maximum atomic E-state index is 13.5. The summed E-state index contributed by atoms with van der Waals surface area (Å²) in [5.41, 5.74) is 0.780. The second-order valence-electron chi connectivity index (χ2n) is 8.12. The number of hydrogen-bond acceptors (Lipinski definition) is 5. The number of fused-ring (bicyclic) bond motifs is 1. The topological polar surface area (TPSA) is 62.5 Å². The van der Waals surface area contributed by atoms with Crippen LogP contribution in [0.25, 0.3) is 17.0 Å². The van der Waals surface area contributed by atoms with Crippen LogP contribution in [0.15, 0.2) is 52.5 Å². The molecule has 0 bridgehead atoms. The monoisotopic (exact) mass is 505 g/mol. The zero-order valence-electron chi connectivity index (χ0n) is 17.9. The molecule has 0 saturated carbocycles. The summed E-state index contributed by atoms with van der Waals surface area (Å²) < 4.78 is 41.9. The van der Waals surface area contributed by atoms with E-state index in [1.807, 2.05) is 19.2 Å². The number of alkyl halides is 3. The number of aromatic nitrogens is 2. The molecule has 1 amide bonds. The molecule has 3 aromatic rings. The Morgan fingerprint density at radius 3 is 2.76 bits per heavy atom. The van der Waals surface area contributed by atoms with Gasteiger partial charge in [-0.3, -0.25) is 9.48 Å². The van der Waals surface area contributed by atoms with Crippen LogP contribution in [0.4, 0.5) is 13.2 Å². The number of nitrogens with one attached hydrogen (secondary N) is 1. The van der Waals surface area contributed by atoms with Crippen LogP contribution in [0, 0.1) is 0 Å². The number of amidine groups is 1. The number of carbonyl (C=O) groups is 1. The van der Waals surface area contributed by atoms with Crippen LogP contribution in [-0.4, -0.2) is 51.9 Å². The molecule has 11 heteroatoms. The number of nitrogens with zero attached hydrogens (tertiary/aromatic N) is 4. The van der Waals surface area contributed by atoms with Crippen molar-refractivity contribution in [2.75, 3.05) is 20.1 Å². The van der Waals surface area contributed by atoms with Gasteiger partial charge in [0.1, 0.15) is 0 Å². The van der Waals surface area contributed by atoms with Crippen LogP contribution >= 0.6 is 23.4 Å². The number of thioether (sulfide) groups is 1. The Morgan fingerprint density at radius 1 is 1.24 bits per heavy atom. The van der Waals surface area contributed by atoms with Crippen molar-refractivity contribution < 1.29 is 18.0 Å². The van der Waals surface area contributed by atoms with Crippen molar-refractivity contribution in [3.05, 3.63) is 69.2 Å². The lowest BCUT2D eigenvalue weighted by Crippen LogP contribution is -2.58. The summed E-state index contributed by atoms with van der Waals surface area (Å²) >= 11 is 7.13. The number of halogens is 4. The van der Waals surface area contributed by atoms with E-state index in [0.29, 0.717) is 21.6 Å². The zero-order chi connectivity index (χ0) is 24.0. The first-order chi connectivity index (χ1) is 16.2. The lowest BCUT2D eigenvalue weighted by atomic mass is 10.1. The average Bonchev–Trinajstić information content (AvgIpc) is 3.31. The highest BCUT2D eigenvalue weighted by Crippen LogP contribution is 2.35. The van der Waals surface area contributed by atoms with Crippen molar-refractivity contribution in [2.24, 2.45) is 4.99 Å². The maximum absolute atomic E-state index is 13.5. The van der Waals surface area contributed by atoms with E-state index in [9.17, 15) is 18.0 Å². The number of likely N-dealkylation sites (tertiary alicyclic amines) is 1. The first kappa shape index (κ1) is 22.9. The normalized spacial score (nSPS) is 18.1. The van der Waals surface area contributed by atoms with Gasteiger partial charge in [0.25, 0.3) is 5.91 Å². The number of hydrogen-bond donors (Lipinski definition) is 1. The van der Waals surface area contributed by atoms with E-state index in [2.05, 4.69) is 20.3 Å². The predicted octanol–water partition coefficient (Wildman–Crippen LogP) is 4.63. The van der Waals surface area contributed by atoms with Gasteiger partial charge in [0.2, 0.25) is 0 Å². The van der Waals surface area contributed by atoms with Crippen molar-refractivity contribution >= 4 is 51.4 Å². The largest absolute Gasteiger partial charge is 0.416 e. The van der Waals surface area contributed by atoms with E-state index in [4.69, 9.17) is 11.6 Å². The summed E-state index contributed by atoms with van der Waals surface area (Å²) in [6, 6.07) is 9.60. The van der Waals surface area contributed by atoms with E-state index >= 15 is 0 Å². The van der Waals surface area contributed by atoms with E-state index in [1.54, 1.807) is 18.3 Å². The van der Waals surface area contributed by atoms with Crippen molar-refractivity contribution in [1.29, 1.82) is 0 Å². The Bertz CT molecular complexity index is 1340. The van der Waals surface area contributed by atoms with Crippen molar-refractivity contribution in [2.45, 2.75) is 18.8 Å². The molecular formula is C23H19ClF3N5OS. The molecule has 5 rings (SSSR count). The number of benzene rings is 2. The lowest BCUT2D eigenvalue weighted by Gasteiger charge is -2.39. The van der Waals surface area contributed by atoms with Crippen molar-refractivity contribution in [1.82, 2.24) is 20.0 Å². The van der Waals surface area contributed by atoms with E-state index in [-0.39, 0.29) is 23.0 Å². The van der Waals surface area contributed by atoms with Gasteiger partial charge in [0.05, 0.1) is 28.7 Å². The smallest absolute Gasteiger partial charge is 0.348 e. The van der Waals surface area contributed by atoms with Gasteiger partial charge >= 0.3 is 6.18 Å². The molecular weight excluding hydrogens is 487 g/mol. The molecule has 6 nitrogen and oxygen atoms in total. The molecule has 0 spiro atoms. The minimum atomic E-state index is -4.51. The molecule has 2 aliphatic heterocycles. The minimum absolute atomic E-state index is 0.0292. The molecule has 0 radical (unpaired) electrons. The van der Waals surface area contributed by atoms with E-state index in [0.717, 1.165) is 30.1 Å². The minimum Gasteiger partial charge on any atom is -0.348 e. The van der Waals surface area contributed by atoms with E-state index in [1.165, 1.54) is 28.6 Å². The fourth-order valence-corrected chi connectivity index (χ4v) is 5.04. The first-order valence-electron chi connectivity index (χ1n) is 10.5. The SMILES string of the molecule is CNC1CN(C2=NC(=O)/C(=C/c3ccc4c(cnn4Cc4ccc(Cl)cc4C(F)(F)F)c3)S2)C1. The van der Waals surface area contributed by atoms with Gasteiger partial charge in [-0.2, -0.15) is 23.3 Å². The van der Waals surface area contributed by atoms with Crippen LogP contribution in [0.5, 0.6) is 0 Å². The zero-order valence-corrected chi connectivity index (χ0v) is 19.5. The van der Waals surface area contributed by atoms with Gasteiger partial charge in [-0.1, -0.05) is 23.7 Å². The molecule has 0 atom stereocenters. The Balaban J connectivity index is 1.36. The van der Waals surface area contributed by atoms with Crippen LogP contribution in [0.3, 0.4) is 0 Å². The Kier molecular flexibility index (Phi) is 5.91. The second-order valence-corrected chi connectivity index (χ2v) is 9.57.